The van der Waals surface area contributed by atoms with Gasteiger partial charge in [-0.3, -0.25) is 13.9 Å². The molecule has 5 aromatic carbocycles. The summed E-state index contributed by atoms with van der Waals surface area (Å²) >= 11 is 0. The first kappa shape index (κ1) is 41.5. The van der Waals surface area contributed by atoms with Gasteiger partial charge in [-0.2, -0.15) is 0 Å². The highest BCUT2D eigenvalue weighted by Gasteiger charge is 2.39. The molecule has 2 N–H and O–H groups in total. The highest BCUT2D eigenvalue weighted by atomic mass is 32.2. The summed E-state index contributed by atoms with van der Waals surface area (Å²) in [5.74, 6) is -1.69. The zero-order valence-electron chi connectivity index (χ0n) is 31.8. The third-order valence-corrected chi connectivity index (χ3v) is 13.9. The van der Waals surface area contributed by atoms with Crippen LogP contribution in [0.1, 0.15) is 22.7 Å². The normalized spacial score (nSPS) is 13.2. The average Bonchev–Trinajstić information content (AvgIpc) is 3.63. The lowest BCUT2D eigenvalue weighted by molar-refractivity contribution is -0.121. The van der Waals surface area contributed by atoms with Crippen molar-refractivity contribution in [2.24, 2.45) is 0 Å². The smallest absolute Gasteiger partial charge is 0.268 e. The first-order valence-electron chi connectivity index (χ1n) is 17.6. The van der Waals surface area contributed by atoms with Crippen molar-refractivity contribution in [3.63, 3.8) is 0 Å². The van der Waals surface area contributed by atoms with Gasteiger partial charge in [0, 0.05) is 17.8 Å². The molecular weight excluding hydrogens is 809 g/mol. The van der Waals surface area contributed by atoms with Gasteiger partial charge >= 0.3 is 0 Å². The summed E-state index contributed by atoms with van der Waals surface area (Å²) in [5, 5.41) is 0. The number of fused-ring (bicyclic) bond motifs is 1. The molecule has 6 rings (SSSR count). The van der Waals surface area contributed by atoms with Gasteiger partial charge in [-0.25, -0.2) is 34.7 Å². The van der Waals surface area contributed by atoms with Gasteiger partial charge in [0.25, 0.3) is 41.9 Å². The van der Waals surface area contributed by atoms with Crippen LogP contribution in [-0.2, 0) is 46.1 Å². The van der Waals surface area contributed by atoms with Crippen LogP contribution in [0.25, 0.3) is 0 Å². The van der Waals surface area contributed by atoms with Crippen molar-refractivity contribution in [1.29, 1.82) is 0 Å². The average molecular weight is 849 g/mol. The van der Waals surface area contributed by atoms with Gasteiger partial charge in [-0.15, -0.1) is 0 Å². The molecule has 18 heteroatoms. The molecule has 0 bridgehead atoms. The molecule has 58 heavy (non-hydrogen) atoms. The number of hydrogen-bond acceptors (Lipinski definition) is 12. The number of methoxy groups -OCH3 is 3. The number of ether oxygens (including phenoxy) is 3. The fourth-order valence-corrected chi connectivity index (χ4v) is 10.4. The third kappa shape index (κ3) is 8.44. The van der Waals surface area contributed by atoms with Crippen LogP contribution in [0.4, 0.5) is 11.4 Å². The summed E-state index contributed by atoms with van der Waals surface area (Å²) in [6, 6.07) is 27.1. The van der Waals surface area contributed by atoms with Gasteiger partial charge in [-0.05, 0) is 85.1 Å². The number of benzene rings is 5. The van der Waals surface area contributed by atoms with Crippen LogP contribution >= 0.6 is 0 Å². The van der Waals surface area contributed by atoms with Crippen LogP contribution in [0.3, 0.4) is 0 Å². The Balaban J connectivity index is 1.45. The number of nitrogens with zero attached hydrogens (tertiary/aromatic N) is 2. The molecule has 0 saturated carbocycles. The number of nitrogens with one attached hydrogen (secondary N) is 2. The molecule has 1 heterocycles. The minimum atomic E-state index is -4.67. The first-order valence-corrected chi connectivity index (χ1v) is 22.0. The number of carbonyl (C=O) groups is 2. The Kier molecular flexibility index (Phi) is 12.0. The highest BCUT2D eigenvalue weighted by Crippen LogP contribution is 2.43. The number of amides is 2. The van der Waals surface area contributed by atoms with E-state index in [2.05, 4.69) is 4.72 Å². The van der Waals surface area contributed by atoms with Gasteiger partial charge in [-0.1, -0.05) is 54.6 Å². The number of aryl methyl sites for hydroxylation is 1. The van der Waals surface area contributed by atoms with Crippen LogP contribution in [0.2, 0.25) is 0 Å². The van der Waals surface area contributed by atoms with Crippen molar-refractivity contribution in [1.82, 2.24) is 9.44 Å². The first-order chi connectivity index (χ1) is 27.6. The highest BCUT2D eigenvalue weighted by molar-refractivity contribution is 7.93. The summed E-state index contributed by atoms with van der Waals surface area (Å²) in [4.78, 5) is 28.8. The van der Waals surface area contributed by atoms with Crippen LogP contribution in [0.15, 0.2) is 130 Å². The minimum absolute atomic E-state index is 0.0139. The summed E-state index contributed by atoms with van der Waals surface area (Å²) in [6.45, 7) is 0.878. The van der Waals surface area contributed by atoms with Crippen molar-refractivity contribution in [3.8, 4) is 17.2 Å². The third-order valence-electron chi connectivity index (χ3n) is 9.35. The topological polar surface area (TPSA) is 195 Å². The van der Waals surface area contributed by atoms with E-state index < -0.39 is 54.5 Å². The van der Waals surface area contributed by atoms with E-state index in [0.717, 1.165) is 9.87 Å². The summed E-state index contributed by atoms with van der Waals surface area (Å²) in [7, 11) is -9.51. The Morgan fingerprint density at radius 3 is 2.10 bits per heavy atom. The zero-order valence-corrected chi connectivity index (χ0v) is 34.2. The SMILES string of the molecule is COc1cccc(C(C(=O)NS(=O)(=O)c2ccc(C)cc2OC)N2CCc3c2cccc3N(CC(=O)NS(=O)(=O)c2ccccc2)S(=O)(=O)c2ccccc2OC)c1. The van der Waals surface area contributed by atoms with Crippen molar-refractivity contribution >= 4 is 53.3 Å². The fraction of sp³-hybridized carbons (Fsp3) is 0.200. The number of carbonyl (C=O) groups excluding carboxylic acids is 2. The predicted molar refractivity (Wildman–Crippen MR) is 216 cm³/mol. The van der Waals surface area contributed by atoms with Crippen LogP contribution < -0.4 is 32.9 Å². The quantitative estimate of drug-likeness (QED) is 0.152. The fourth-order valence-electron chi connectivity index (χ4n) is 6.69. The maximum Gasteiger partial charge on any atom is 0.268 e. The molecule has 15 nitrogen and oxygen atoms in total. The number of para-hydroxylation sites is 1. The molecule has 0 spiro atoms. The molecule has 0 aromatic heterocycles. The molecular formula is C40H40N4O11S3. The second-order valence-corrected chi connectivity index (χ2v) is 18.2. The molecule has 0 saturated heterocycles. The van der Waals surface area contributed by atoms with Crippen molar-refractivity contribution in [3.05, 3.63) is 132 Å². The largest absolute Gasteiger partial charge is 0.497 e. The lowest BCUT2D eigenvalue weighted by atomic mass is 10.0. The van der Waals surface area contributed by atoms with Crippen LogP contribution in [0, 0.1) is 6.92 Å². The van der Waals surface area contributed by atoms with E-state index in [-0.39, 0.29) is 44.8 Å². The minimum Gasteiger partial charge on any atom is -0.497 e. The van der Waals surface area contributed by atoms with E-state index in [1.807, 2.05) is 4.72 Å². The Bertz CT molecular complexity index is 2690. The summed E-state index contributed by atoms with van der Waals surface area (Å²) in [6.07, 6.45) is 0.125. The van der Waals surface area contributed by atoms with E-state index in [1.165, 1.54) is 88.1 Å². The number of anilines is 2. The monoisotopic (exact) mass is 848 g/mol. The van der Waals surface area contributed by atoms with Crippen molar-refractivity contribution in [2.75, 3.05) is 43.6 Å². The molecule has 5 aromatic rings. The van der Waals surface area contributed by atoms with Gasteiger partial charge in [0.15, 0.2) is 0 Å². The Hall–Kier alpha value is -6.11. The number of sulfonamides is 3. The molecule has 304 valence electrons. The maximum atomic E-state index is 14.6. The standard InChI is InChI=1S/C40H40N4O11S3/c1-27-20-21-36(35(24-27)55-4)57(49,50)42-40(46)39(28-12-10-13-29(25-28)53-2)43-23-22-31-32(43)16-11-17-33(31)44(58(51,52)37-19-9-8-18-34(37)54-3)26-38(45)41-56(47,48)30-14-6-5-7-15-30/h5-21,24-25,39H,22-23,26H2,1-4H3,(H,41,45)(H,42,46). The van der Waals surface area contributed by atoms with Gasteiger partial charge in [0.2, 0.25) is 0 Å². The second-order valence-electron chi connectivity index (χ2n) is 13.0. The van der Waals surface area contributed by atoms with Gasteiger partial charge < -0.3 is 19.1 Å². The second kappa shape index (κ2) is 16.8. The lowest BCUT2D eigenvalue weighted by Gasteiger charge is -2.31. The van der Waals surface area contributed by atoms with E-state index in [4.69, 9.17) is 14.2 Å². The zero-order chi connectivity index (χ0) is 41.8. The Morgan fingerprint density at radius 2 is 1.40 bits per heavy atom. The summed E-state index contributed by atoms with van der Waals surface area (Å²) < 4.78 is 104. The number of hydrogen-bond donors (Lipinski definition) is 2. The van der Waals surface area contributed by atoms with Crippen molar-refractivity contribution < 1.29 is 49.1 Å². The van der Waals surface area contributed by atoms with E-state index in [1.54, 1.807) is 60.4 Å². The van der Waals surface area contributed by atoms with E-state index >= 15 is 0 Å². The lowest BCUT2D eigenvalue weighted by Crippen LogP contribution is -2.43. The molecule has 2 amide bonds. The van der Waals surface area contributed by atoms with E-state index in [0.29, 0.717) is 22.6 Å². The molecule has 0 fully saturated rings. The number of rotatable bonds is 15. The molecule has 1 aliphatic heterocycles. The summed E-state index contributed by atoms with van der Waals surface area (Å²) in [5.41, 5.74) is 1.83. The molecule has 1 aliphatic rings. The van der Waals surface area contributed by atoms with Crippen LogP contribution in [-0.4, -0.2) is 71.5 Å². The molecule has 0 aliphatic carbocycles. The molecule has 1 atom stereocenters. The van der Waals surface area contributed by atoms with Crippen LogP contribution in [0.5, 0.6) is 17.2 Å². The Labute approximate surface area is 337 Å². The van der Waals surface area contributed by atoms with Gasteiger partial charge in [0.1, 0.15) is 39.6 Å². The molecule has 0 radical (unpaired) electrons. The van der Waals surface area contributed by atoms with Crippen molar-refractivity contribution in [2.45, 2.75) is 34.1 Å². The molecule has 1 unspecified atom stereocenters. The maximum absolute atomic E-state index is 14.6. The van der Waals surface area contributed by atoms with Gasteiger partial charge in [0.05, 0.1) is 31.9 Å². The Morgan fingerprint density at radius 1 is 0.707 bits per heavy atom. The van der Waals surface area contributed by atoms with E-state index in [9.17, 15) is 34.8 Å². The predicted octanol–water partition coefficient (Wildman–Crippen LogP) is 4.33.